The van der Waals surface area contributed by atoms with Gasteiger partial charge in [-0.15, -0.1) is 0 Å². The van der Waals surface area contributed by atoms with Crippen molar-refractivity contribution in [3.8, 4) is 0 Å². The maximum atomic E-state index is 6.33. The van der Waals surface area contributed by atoms with Crippen LogP contribution in [0.5, 0.6) is 0 Å². The molecule has 3 nitrogen and oxygen atoms in total. The Labute approximate surface area is 126 Å². The molecule has 0 aliphatic rings. The molecular formula is C16H22ClN3. The van der Waals surface area contributed by atoms with Crippen LogP contribution in [-0.4, -0.2) is 22.4 Å². The van der Waals surface area contributed by atoms with E-state index in [4.69, 9.17) is 11.6 Å². The van der Waals surface area contributed by atoms with Crippen LogP contribution in [0.4, 0.5) is 0 Å². The highest BCUT2D eigenvalue weighted by Gasteiger charge is 2.17. The quantitative estimate of drug-likeness (QED) is 0.886. The first-order valence-electron chi connectivity index (χ1n) is 7.07. The minimum Gasteiger partial charge on any atom is -0.314 e. The molecule has 0 fully saturated rings. The molecule has 0 saturated heterocycles. The summed E-state index contributed by atoms with van der Waals surface area (Å²) in [5.41, 5.74) is 3.51. The van der Waals surface area contributed by atoms with E-state index in [0.717, 1.165) is 35.8 Å². The van der Waals surface area contributed by atoms with Crippen molar-refractivity contribution in [2.24, 2.45) is 7.05 Å². The maximum absolute atomic E-state index is 6.33. The molecule has 20 heavy (non-hydrogen) atoms. The first-order valence-corrected chi connectivity index (χ1v) is 7.44. The molecule has 4 heteroatoms. The van der Waals surface area contributed by atoms with E-state index >= 15 is 0 Å². The summed E-state index contributed by atoms with van der Waals surface area (Å²) in [6.45, 7) is 5.11. The van der Waals surface area contributed by atoms with Crippen LogP contribution in [0.1, 0.15) is 23.7 Å². The van der Waals surface area contributed by atoms with Gasteiger partial charge in [-0.25, -0.2) is 0 Å². The summed E-state index contributed by atoms with van der Waals surface area (Å²) in [5.74, 6) is 0. The minimum atomic E-state index is 0.378. The number of nitrogens with one attached hydrogen (secondary N) is 1. The van der Waals surface area contributed by atoms with Crippen LogP contribution in [0.25, 0.3) is 0 Å². The summed E-state index contributed by atoms with van der Waals surface area (Å²) >= 11 is 6.33. The largest absolute Gasteiger partial charge is 0.314 e. The third kappa shape index (κ3) is 3.62. The standard InChI is InChI=1S/C16H22ClN3/c1-4-18-14(10-13-8-6-5-7-9-13)11-15-12(2)19-20(3)16(15)17/h5-9,14,18H,4,10-11H2,1-3H3. The van der Waals surface area contributed by atoms with Crippen molar-refractivity contribution in [3.05, 3.63) is 52.3 Å². The summed E-state index contributed by atoms with van der Waals surface area (Å²) < 4.78 is 1.75. The Hall–Kier alpha value is -1.32. The fraction of sp³-hybridized carbons (Fsp3) is 0.438. The summed E-state index contributed by atoms with van der Waals surface area (Å²) in [7, 11) is 1.89. The lowest BCUT2D eigenvalue weighted by Gasteiger charge is -2.18. The second-order valence-corrected chi connectivity index (χ2v) is 5.48. The smallest absolute Gasteiger partial charge is 0.130 e. The number of nitrogens with zero attached hydrogens (tertiary/aromatic N) is 2. The van der Waals surface area contributed by atoms with Crippen molar-refractivity contribution in [3.63, 3.8) is 0 Å². The number of benzene rings is 1. The van der Waals surface area contributed by atoms with Crippen LogP contribution >= 0.6 is 11.6 Å². The first-order chi connectivity index (χ1) is 9.61. The summed E-state index contributed by atoms with van der Waals surface area (Å²) in [5, 5.41) is 8.68. The molecule has 0 amide bonds. The first kappa shape index (κ1) is 15.1. The zero-order valence-electron chi connectivity index (χ0n) is 12.4. The minimum absolute atomic E-state index is 0.378. The number of likely N-dealkylation sites (N-methyl/N-ethyl adjacent to an activating group) is 1. The molecule has 0 saturated carbocycles. The second-order valence-electron chi connectivity index (χ2n) is 5.13. The average molecular weight is 292 g/mol. The molecule has 1 atom stereocenters. The summed E-state index contributed by atoms with van der Waals surface area (Å²) in [4.78, 5) is 0. The number of aromatic nitrogens is 2. The van der Waals surface area contributed by atoms with E-state index in [9.17, 15) is 0 Å². The third-order valence-electron chi connectivity index (χ3n) is 3.54. The molecule has 0 aliphatic carbocycles. The fourth-order valence-electron chi connectivity index (χ4n) is 2.56. The number of aryl methyl sites for hydroxylation is 2. The van der Waals surface area contributed by atoms with Crippen LogP contribution in [-0.2, 0) is 19.9 Å². The van der Waals surface area contributed by atoms with Gasteiger partial charge in [0.15, 0.2) is 0 Å². The molecule has 0 aliphatic heterocycles. The highest BCUT2D eigenvalue weighted by molar-refractivity contribution is 6.30. The van der Waals surface area contributed by atoms with E-state index in [-0.39, 0.29) is 0 Å². The number of hydrogen-bond acceptors (Lipinski definition) is 2. The predicted octanol–water partition coefficient (Wildman–Crippen LogP) is 3.15. The van der Waals surface area contributed by atoms with E-state index in [1.165, 1.54) is 5.56 Å². The molecule has 108 valence electrons. The molecule has 1 N–H and O–H groups in total. The van der Waals surface area contributed by atoms with Crippen molar-refractivity contribution in [2.75, 3.05) is 6.54 Å². The van der Waals surface area contributed by atoms with Gasteiger partial charge in [0, 0.05) is 18.7 Å². The van der Waals surface area contributed by atoms with Crippen molar-refractivity contribution in [1.29, 1.82) is 0 Å². The van der Waals surface area contributed by atoms with Crippen molar-refractivity contribution >= 4 is 11.6 Å². The van der Waals surface area contributed by atoms with Gasteiger partial charge in [-0.3, -0.25) is 4.68 Å². The second kappa shape index (κ2) is 6.91. The topological polar surface area (TPSA) is 29.9 Å². The lowest BCUT2D eigenvalue weighted by molar-refractivity contribution is 0.520. The fourth-order valence-corrected chi connectivity index (χ4v) is 2.81. The van der Waals surface area contributed by atoms with Gasteiger partial charge >= 0.3 is 0 Å². The molecule has 1 aromatic heterocycles. The normalized spacial score (nSPS) is 12.6. The molecule has 0 bridgehead atoms. The number of rotatable bonds is 6. The predicted molar refractivity (Wildman–Crippen MR) is 84.3 cm³/mol. The molecule has 0 radical (unpaired) electrons. The lowest BCUT2D eigenvalue weighted by atomic mass is 9.99. The Morgan fingerprint density at radius 1 is 1.25 bits per heavy atom. The molecule has 2 rings (SSSR count). The molecular weight excluding hydrogens is 270 g/mol. The van der Waals surface area contributed by atoms with E-state index in [1.807, 2.05) is 20.0 Å². The van der Waals surface area contributed by atoms with E-state index in [0.29, 0.717) is 6.04 Å². The van der Waals surface area contributed by atoms with Crippen LogP contribution < -0.4 is 5.32 Å². The van der Waals surface area contributed by atoms with Crippen LogP contribution in [0.2, 0.25) is 5.15 Å². The Balaban J connectivity index is 2.13. The van der Waals surface area contributed by atoms with Gasteiger partial charge in [0.1, 0.15) is 5.15 Å². The highest BCUT2D eigenvalue weighted by Crippen LogP contribution is 2.21. The van der Waals surface area contributed by atoms with Crippen LogP contribution in [0, 0.1) is 6.92 Å². The monoisotopic (exact) mass is 291 g/mol. The van der Waals surface area contributed by atoms with Gasteiger partial charge in [0.2, 0.25) is 0 Å². The van der Waals surface area contributed by atoms with Gasteiger partial charge < -0.3 is 5.32 Å². The van der Waals surface area contributed by atoms with E-state index in [2.05, 4.69) is 41.6 Å². The Kier molecular flexibility index (Phi) is 5.21. The van der Waals surface area contributed by atoms with E-state index < -0.39 is 0 Å². The maximum Gasteiger partial charge on any atom is 0.130 e. The Morgan fingerprint density at radius 3 is 2.50 bits per heavy atom. The van der Waals surface area contributed by atoms with Gasteiger partial charge in [-0.1, -0.05) is 48.9 Å². The average Bonchev–Trinajstić information content (AvgIpc) is 2.67. The van der Waals surface area contributed by atoms with Crippen LogP contribution in [0.15, 0.2) is 30.3 Å². The Bertz CT molecular complexity index is 548. The molecule has 1 heterocycles. The number of halogens is 1. The van der Waals surface area contributed by atoms with Crippen molar-refractivity contribution in [2.45, 2.75) is 32.7 Å². The van der Waals surface area contributed by atoms with Crippen molar-refractivity contribution < 1.29 is 0 Å². The molecule has 0 spiro atoms. The summed E-state index contributed by atoms with van der Waals surface area (Å²) in [6.07, 6.45) is 1.90. The van der Waals surface area contributed by atoms with Crippen LogP contribution in [0.3, 0.4) is 0 Å². The zero-order chi connectivity index (χ0) is 14.5. The lowest BCUT2D eigenvalue weighted by Crippen LogP contribution is -2.33. The summed E-state index contributed by atoms with van der Waals surface area (Å²) in [6, 6.07) is 10.9. The van der Waals surface area contributed by atoms with Gasteiger partial charge in [-0.05, 0) is 31.9 Å². The van der Waals surface area contributed by atoms with Gasteiger partial charge in [-0.2, -0.15) is 5.10 Å². The van der Waals surface area contributed by atoms with Crippen molar-refractivity contribution in [1.82, 2.24) is 15.1 Å². The molecule has 1 unspecified atom stereocenters. The van der Waals surface area contributed by atoms with Gasteiger partial charge in [0.25, 0.3) is 0 Å². The highest BCUT2D eigenvalue weighted by atomic mass is 35.5. The SMILES string of the molecule is CCNC(Cc1ccccc1)Cc1c(C)nn(C)c1Cl. The third-order valence-corrected chi connectivity index (χ3v) is 4.01. The Morgan fingerprint density at radius 2 is 1.95 bits per heavy atom. The van der Waals surface area contributed by atoms with E-state index in [1.54, 1.807) is 4.68 Å². The zero-order valence-corrected chi connectivity index (χ0v) is 13.1. The molecule has 1 aromatic carbocycles. The molecule has 2 aromatic rings. The number of hydrogen-bond donors (Lipinski definition) is 1. The van der Waals surface area contributed by atoms with Gasteiger partial charge in [0.05, 0.1) is 5.69 Å².